The number of aryl methyl sites for hydroxylation is 1. The Bertz CT molecular complexity index is 1410. The zero-order valence-electron chi connectivity index (χ0n) is 22.0. The van der Waals surface area contributed by atoms with Crippen molar-refractivity contribution in [2.45, 2.75) is 37.2 Å². The molecule has 4 N–H and O–H groups in total. The molecule has 1 aromatic heterocycles. The van der Waals surface area contributed by atoms with Crippen LogP contribution in [0.15, 0.2) is 84.0 Å². The van der Waals surface area contributed by atoms with Gasteiger partial charge in [-0.25, -0.2) is 13.2 Å². The summed E-state index contributed by atoms with van der Waals surface area (Å²) in [6.45, 7) is 1.93. The van der Waals surface area contributed by atoms with E-state index in [0.29, 0.717) is 12.1 Å². The first-order chi connectivity index (χ1) is 19.3. The van der Waals surface area contributed by atoms with Crippen LogP contribution in [0.3, 0.4) is 0 Å². The van der Waals surface area contributed by atoms with Gasteiger partial charge in [0.05, 0.1) is 13.2 Å². The molecule has 0 fully saturated rings. The Balaban J connectivity index is 1.55. The number of ether oxygens (including phenoxy) is 1. The van der Waals surface area contributed by atoms with Crippen molar-refractivity contribution < 1.29 is 22.7 Å². The van der Waals surface area contributed by atoms with E-state index in [1.54, 1.807) is 36.0 Å². The van der Waals surface area contributed by atoms with Crippen molar-refractivity contribution in [3.63, 3.8) is 0 Å². The first-order valence-corrected chi connectivity index (χ1v) is 14.7. The monoisotopic (exact) mass is 581 g/mol. The van der Waals surface area contributed by atoms with E-state index in [0.717, 1.165) is 28.1 Å². The number of thioether (sulfide) groups is 1. The molecule has 2 amide bonds. The van der Waals surface area contributed by atoms with Crippen molar-refractivity contribution in [3.05, 3.63) is 106 Å². The number of hydrogen-bond acceptors (Lipinski definition) is 8. The Morgan fingerprint density at radius 3 is 2.38 bits per heavy atom. The number of anilines is 1. The van der Waals surface area contributed by atoms with Crippen LogP contribution in [0.25, 0.3) is 0 Å². The molecule has 210 valence electrons. The Labute approximate surface area is 239 Å². The van der Waals surface area contributed by atoms with Gasteiger partial charge in [0.1, 0.15) is 11.4 Å². The smallest absolute Gasteiger partial charge is 0.407 e. The van der Waals surface area contributed by atoms with E-state index in [1.807, 2.05) is 61.0 Å². The standard InChI is InChI=1S/C28H31N5O5S2/c1-18-8-11-21(16-29-18)27-31-25(17-39-27)23(14-20-9-12-22(13-10-20)33-40(36)37)30-26(34)24(32-28(35)38-2)15-19-6-4-3-5-7-19/h3-13,16-17,23-24,27,31,40H,14-15H2,1-2H3,(H,30,34)(H,32,35)(H,33,36,37)/t23-,24-,27?/m0/s1. The molecular weight excluding hydrogens is 550 g/mol. The number of carbonyl (C=O) groups is 2. The molecule has 40 heavy (non-hydrogen) atoms. The number of hydrogen-bond donors (Lipinski definition) is 5. The summed E-state index contributed by atoms with van der Waals surface area (Å²) in [5, 5.41) is 11.2. The predicted octanol–water partition coefficient (Wildman–Crippen LogP) is 3.20. The molecule has 0 saturated heterocycles. The molecule has 3 aromatic rings. The summed E-state index contributed by atoms with van der Waals surface area (Å²) in [4.78, 5) is 30.1. The SMILES string of the molecule is COC(=O)N[C@@H](Cc1ccccc1)C(=O)N[C@@H](Cc1ccc(N[SH](=O)=O)cc1)C1=CSC(c2ccc(C)nc2)N1. The second-order valence-corrected chi connectivity index (χ2v) is 10.9. The molecule has 12 heteroatoms. The number of nitrogens with one attached hydrogen (secondary N) is 4. The third-order valence-electron chi connectivity index (χ3n) is 6.25. The van der Waals surface area contributed by atoms with Gasteiger partial charge in [-0.1, -0.05) is 48.5 Å². The quantitative estimate of drug-likeness (QED) is 0.218. The molecule has 10 nitrogen and oxygen atoms in total. The number of amides is 2. The normalized spacial score (nSPS) is 15.9. The summed E-state index contributed by atoms with van der Waals surface area (Å²) < 4.78 is 29.1. The van der Waals surface area contributed by atoms with Gasteiger partial charge in [-0.3, -0.25) is 14.5 Å². The number of aromatic nitrogens is 1. The molecule has 2 heterocycles. The Kier molecular flexibility index (Phi) is 10.0. The average Bonchev–Trinajstić information content (AvgIpc) is 3.44. The fraction of sp³-hybridized carbons (Fsp3) is 0.250. The Morgan fingerprint density at radius 2 is 1.73 bits per heavy atom. The molecule has 3 atom stereocenters. The molecule has 1 aliphatic rings. The summed E-state index contributed by atoms with van der Waals surface area (Å²) in [6.07, 6.45) is 1.83. The molecule has 0 radical (unpaired) electrons. The summed E-state index contributed by atoms with van der Waals surface area (Å²) >= 11 is 1.58. The fourth-order valence-corrected chi connectivity index (χ4v) is 5.54. The lowest BCUT2D eigenvalue weighted by Crippen LogP contribution is -2.52. The highest BCUT2D eigenvalue weighted by Gasteiger charge is 2.29. The van der Waals surface area contributed by atoms with Crippen LogP contribution in [-0.4, -0.2) is 44.6 Å². The molecule has 4 rings (SSSR count). The summed E-state index contributed by atoms with van der Waals surface area (Å²) in [6, 6.07) is 19.0. The van der Waals surface area contributed by atoms with E-state index in [4.69, 9.17) is 4.74 Å². The molecule has 0 saturated carbocycles. The van der Waals surface area contributed by atoms with E-state index in [-0.39, 0.29) is 17.7 Å². The van der Waals surface area contributed by atoms with Gasteiger partial charge in [-0.05, 0) is 48.1 Å². The Morgan fingerprint density at radius 1 is 1.00 bits per heavy atom. The summed E-state index contributed by atoms with van der Waals surface area (Å²) in [5.41, 5.74) is 4.95. The minimum Gasteiger partial charge on any atom is -0.453 e. The minimum absolute atomic E-state index is 0.0734. The van der Waals surface area contributed by atoms with Gasteiger partial charge in [-0.15, -0.1) is 11.8 Å². The zero-order chi connectivity index (χ0) is 28.5. The third kappa shape index (κ3) is 8.23. The minimum atomic E-state index is -2.77. The van der Waals surface area contributed by atoms with E-state index in [1.165, 1.54) is 7.11 Å². The lowest BCUT2D eigenvalue weighted by molar-refractivity contribution is -0.123. The zero-order valence-corrected chi connectivity index (χ0v) is 23.7. The summed E-state index contributed by atoms with van der Waals surface area (Å²) in [7, 11) is -1.52. The van der Waals surface area contributed by atoms with Crippen molar-refractivity contribution >= 4 is 40.3 Å². The maximum Gasteiger partial charge on any atom is 0.407 e. The van der Waals surface area contributed by atoms with Gasteiger partial charge < -0.3 is 20.7 Å². The molecule has 0 spiro atoms. The molecular formula is C28H31N5O5S2. The Hall–Kier alpha value is -4.03. The lowest BCUT2D eigenvalue weighted by atomic mass is 10.0. The van der Waals surface area contributed by atoms with Gasteiger partial charge >= 0.3 is 6.09 Å². The number of pyridine rings is 1. The number of thiol groups is 1. The number of alkyl carbamates (subject to hydrolysis) is 1. The van der Waals surface area contributed by atoms with Crippen LogP contribution in [0, 0.1) is 6.92 Å². The average molecular weight is 582 g/mol. The third-order valence-corrected chi connectivity index (χ3v) is 7.74. The van der Waals surface area contributed by atoms with Crippen LogP contribution in [0.5, 0.6) is 0 Å². The number of nitrogens with zero attached hydrogens (tertiary/aromatic N) is 1. The maximum absolute atomic E-state index is 13.6. The largest absolute Gasteiger partial charge is 0.453 e. The molecule has 0 aliphatic carbocycles. The number of benzene rings is 2. The van der Waals surface area contributed by atoms with Crippen molar-refractivity contribution in [3.8, 4) is 0 Å². The highest BCUT2D eigenvalue weighted by molar-refractivity contribution is 8.02. The van der Waals surface area contributed by atoms with Crippen LogP contribution in [0.1, 0.15) is 27.8 Å². The second kappa shape index (κ2) is 13.9. The number of methoxy groups -OCH3 is 1. The second-order valence-electron chi connectivity index (χ2n) is 9.18. The van der Waals surface area contributed by atoms with Crippen molar-refractivity contribution in [2.24, 2.45) is 0 Å². The highest BCUT2D eigenvalue weighted by Crippen LogP contribution is 2.35. The van der Waals surface area contributed by atoms with E-state index >= 15 is 0 Å². The van der Waals surface area contributed by atoms with E-state index in [2.05, 4.69) is 25.7 Å². The van der Waals surface area contributed by atoms with Crippen molar-refractivity contribution in [1.29, 1.82) is 0 Å². The van der Waals surface area contributed by atoms with Gasteiger partial charge in [0.15, 0.2) is 0 Å². The summed E-state index contributed by atoms with van der Waals surface area (Å²) in [5.74, 6) is -0.367. The predicted molar refractivity (Wildman–Crippen MR) is 156 cm³/mol. The fourth-order valence-electron chi connectivity index (χ4n) is 4.17. The molecule has 2 aromatic carbocycles. The maximum atomic E-state index is 13.6. The van der Waals surface area contributed by atoms with Gasteiger partial charge in [0.2, 0.25) is 16.8 Å². The van der Waals surface area contributed by atoms with E-state index < -0.39 is 29.1 Å². The van der Waals surface area contributed by atoms with Crippen LogP contribution >= 0.6 is 11.8 Å². The lowest BCUT2D eigenvalue weighted by Gasteiger charge is -2.25. The topological polar surface area (TPSA) is 139 Å². The van der Waals surface area contributed by atoms with Crippen LogP contribution in [0.4, 0.5) is 10.5 Å². The first-order valence-electron chi connectivity index (χ1n) is 12.5. The first kappa shape index (κ1) is 29.0. The van der Waals surface area contributed by atoms with Crippen molar-refractivity contribution in [2.75, 3.05) is 11.8 Å². The van der Waals surface area contributed by atoms with E-state index in [9.17, 15) is 18.0 Å². The number of rotatable bonds is 11. The van der Waals surface area contributed by atoms with Crippen LogP contribution < -0.4 is 20.7 Å². The number of carbonyl (C=O) groups excluding carboxylic acids is 2. The molecule has 1 unspecified atom stereocenters. The molecule has 0 bridgehead atoms. The molecule has 1 aliphatic heterocycles. The highest BCUT2D eigenvalue weighted by atomic mass is 32.2. The van der Waals surface area contributed by atoms with Gasteiger partial charge in [-0.2, -0.15) is 0 Å². The van der Waals surface area contributed by atoms with Gasteiger partial charge in [0, 0.05) is 35.3 Å². The van der Waals surface area contributed by atoms with Crippen molar-refractivity contribution in [1.82, 2.24) is 20.9 Å². The van der Waals surface area contributed by atoms with Crippen LogP contribution in [0.2, 0.25) is 0 Å². The van der Waals surface area contributed by atoms with Gasteiger partial charge in [0.25, 0.3) is 0 Å². The van der Waals surface area contributed by atoms with Crippen LogP contribution in [-0.2, 0) is 33.3 Å².